The van der Waals surface area contributed by atoms with Crippen LogP contribution in [0.3, 0.4) is 0 Å². The molecule has 2 nitrogen and oxygen atoms in total. The molecule has 1 aromatic rings. The van der Waals surface area contributed by atoms with Crippen molar-refractivity contribution in [2.45, 2.75) is 51.9 Å². The molecule has 0 atom stereocenters. The number of carbonyl (C=O) groups excluding carboxylic acids is 1. The van der Waals surface area contributed by atoms with Crippen LogP contribution in [-0.4, -0.2) is 5.78 Å². The van der Waals surface area contributed by atoms with Crippen LogP contribution in [0, 0.1) is 12.8 Å². The molecule has 98 valence electrons. The maximum atomic E-state index is 12.6. The first-order chi connectivity index (χ1) is 8.68. The van der Waals surface area contributed by atoms with Gasteiger partial charge in [-0.25, -0.2) is 0 Å². The van der Waals surface area contributed by atoms with Crippen LogP contribution in [0.2, 0.25) is 0 Å². The van der Waals surface area contributed by atoms with Crippen molar-refractivity contribution in [3.05, 3.63) is 29.3 Å². The second kappa shape index (κ2) is 6.03. The Labute approximate surface area is 110 Å². The monoisotopic (exact) mass is 245 g/mol. The molecule has 2 rings (SSSR count). The summed E-state index contributed by atoms with van der Waals surface area (Å²) in [6, 6.07) is 5.66. The van der Waals surface area contributed by atoms with Gasteiger partial charge in [0.05, 0.1) is 0 Å². The Morgan fingerprint density at radius 1 is 1.11 bits per heavy atom. The molecule has 0 aliphatic heterocycles. The molecule has 1 saturated carbocycles. The Morgan fingerprint density at radius 2 is 1.72 bits per heavy atom. The Hall–Kier alpha value is -1.31. The highest BCUT2D eigenvalue weighted by Crippen LogP contribution is 2.27. The van der Waals surface area contributed by atoms with Crippen molar-refractivity contribution in [1.29, 1.82) is 0 Å². The predicted octanol–water partition coefficient (Wildman–Crippen LogP) is 4.12. The fraction of sp³-hybridized carbons (Fsp3) is 0.562. The van der Waals surface area contributed by atoms with Gasteiger partial charge in [0.15, 0.2) is 5.78 Å². The molecule has 0 amide bonds. The van der Waals surface area contributed by atoms with Crippen molar-refractivity contribution < 1.29 is 4.79 Å². The molecular formula is C16H23NO. The fourth-order valence-electron chi connectivity index (χ4n) is 2.84. The van der Waals surface area contributed by atoms with E-state index >= 15 is 0 Å². The lowest BCUT2D eigenvalue weighted by Crippen LogP contribution is -2.17. The summed E-state index contributed by atoms with van der Waals surface area (Å²) in [7, 11) is 0. The van der Waals surface area contributed by atoms with Gasteiger partial charge in [0.2, 0.25) is 0 Å². The molecule has 1 aliphatic carbocycles. The van der Waals surface area contributed by atoms with E-state index in [1.54, 1.807) is 0 Å². The van der Waals surface area contributed by atoms with E-state index in [4.69, 9.17) is 5.73 Å². The smallest absolute Gasteiger partial charge is 0.166 e. The van der Waals surface area contributed by atoms with Crippen molar-refractivity contribution in [3.63, 3.8) is 0 Å². The number of benzene rings is 1. The Balaban J connectivity index is 2.15. The summed E-state index contributed by atoms with van der Waals surface area (Å²) >= 11 is 0. The first-order valence-electron chi connectivity index (χ1n) is 7.09. The Morgan fingerprint density at radius 3 is 2.39 bits per heavy atom. The standard InChI is InChI=1S/C16H23NO/c1-12-9-10-14(17)11-15(12)16(18)13-7-5-3-2-4-6-8-13/h9-11,13H,2-8,17H2,1H3. The minimum atomic E-state index is 0.214. The summed E-state index contributed by atoms with van der Waals surface area (Å²) < 4.78 is 0. The van der Waals surface area contributed by atoms with Gasteiger partial charge in [0.1, 0.15) is 0 Å². The average molecular weight is 245 g/mol. The van der Waals surface area contributed by atoms with Crippen molar-refractivity contribution in [2.75, 3.05) is 5.73 Å². The number of hydrogen-bond acceptors (Lipinski definition) is 2. The van der Waals surface area contributed by atoms with Crippen molar-refractivity contribution in [3.8, 4) is 0 Å². The van der Waals surface area contributed by atoms with Crippen LogP contribution in [0.5, 0.6) is 0 Å². The van der Waals surface area contributed by atoms with Gasteiger partial charge in [-0.2, -0.15) is 0 Å². The lowest BCUT2D eigenvalue weighted by molar-refractivity contribution is 0.0898. The molecule has 0 spiro atoms. The molecule has 0 heterocycles. The predicted molar refractivity (Wildman–Crippen MR) is 75.7 cm³/mol. The SMILES string of the molecule is Cc1ccc(N)cc1C(=O)C1CCCCCCC1. The molecule has 0 saturated heterocycles. The van der Waals surface area contributed by atoms with Crippen LogP contribution >= 0.6 is 0 Å². The van der Waals surface area contributed by atoms with Crippen LogP contribution in [0.25, 0.3) is 0 Å². The van der Waals surface area contributed by atoms with Crippen LogP contribution in [-0.2, 0) is 0 Å². The lowest BCUT2D eigenvalue weighted by atomic mass is 9.84. The molecule has 1 aromatic carbocycles. The first kappa shape index (κ1) is 13.1. The van der Waals surface area contributed by atoms with E-state index in [0.29, 0.717) is 11.5 Å². The highest BCUT2D eigenvalue weighted by Gasteiger charge is 2.22. The quantitative estimate of drug-likeness (QED) is 0.629. The second-order valence-corrected chi connectivity index (χ2v) is 5.48. The molecule has 0 unspecified atom stereocenters. The van der Waals surface area contributed by atoms with E-state index in [2.05, 4.69) is 0 Å². The number of Topliss-reactive ketones (excluding diaryl/α,β-unsaturated/α-hetero) is 1. The van der Waals surface area contributed by atoms with Crippen molar-refractivity contribution in [2.24, 2.45) is 5.92 Å². The molecule has 2 N–H and O–H groups in total. The van der Waals surface area contributed by atoms with Crippen LogP contribution < -0.4 is 5.73 Å². The average Bonchev–Trinajstić information content (AvgIpc) is 2.31. The maximum Gasteiger partial charge on any atom is 0.166 e. The summed E-state index contributed by atoms with van der Waals surface area (Å²) in [6.45, 7) is 2.00. The fourth-order valence-corrected chi connectivity index (χ4v) is 2.84. The van der Waals surface area contributed by atoms with Gasteiger partial charge >= 0.3 is 0 Å². The Kier molecular flexibility index (Phi) is 4.40. The van der Waals surface area contributed by atoms with Gasteiger partial charge in [-0.15, -0.1) is 0 Å². The number of anilines is 1. The molecule has 18 heavy (non-hydrogen) atoms. The number of hydrogen-bond donors (Lipinski definition) is 1. The number of nitrogens with two attached hydrogens (primary N) is 1. The van der Waals surface area contributed by atoms with Gasteiger partial charge in [-0.3, -0.25) is 4.79 Å². The number of aryl methyl sites for hydroxylation is 1. The molecule has 0 bridgehead atoms. The minimum absolute atomic E-state index is 0.214. The minimum Gasteiger partial charge on any atom is -0.399 e. The van der Waals surface area contributed by atoms with Crippen LogP contribution in [0.15, 0.2) is 18.2 Å². The van der Waals surface area contributed by atoms with Crippen molar-refractivity contribution >= 4 is 11.5 Å². The van der Waals surface area contributed by atoms with E-state index < -0.39 is 0 Å². The van der Waals surface area contributed by atoms with E-state index in [1.165, 1.54) is 32.1 Å². The van der Waals surface area contributed by atoms with Crippen molar-refractivity contribution in [1.82, 2.24) is 0 Å². The molecule has 1 fully saturated rings. The summed E-state index contributed by atoms with van der Waals surface area (Å²) in [5.74, 6) is 0.521. The highest BCUT2D eigenvalue weighted by atomic mass is 16.1. The molecular weight excluding hydrogens is 222 g/mol. The molecule has 0 radical (unpaired) electrons. The van der Waals surface area contributed by atoms with Gasteiger partial charge in [-0.05, 0) is 37.5 Å². The Bertz CT molecular complexity index is 417. The van der Waals surface area contributed by atoms with E-state index in [0.717, 1.165) is 24.0 Å². The van der Waals surface area contributed by atoms with E-state index in [1.807, 2.05) is 25.1 Å². The summed E-state index contributed by atoms with van der Waals surface area (Å²) in [5, 5.41) is 0. The zero-order valence-electron chi connectivity index (χ0n) is 11.2. The lowest BCUT2D eigenvalue weighted by Gasteiger charge is -2.19. The second-order valence-electron chi connectivity index (χ2n) is 5.48. The third-order valence-electron chi connectivity index (χ3n) is 4.00. The normalized spacial score (nSPS) is 18.1. The third kappa shape index (κ3) is 3.12. The number of carbonyl (C=O) groups is 1. The van der Waals surface area contributed by atoms with E-state index in [9.17, 15) is 4.79 Å². The summed E-state index contributed by atoms with van der Waals surface area (Å²) in [6.07, 6.45) is 8.37. The number of rotatable bonds is 2. The first-order valence-corrected chi connectivity index (χ1v) is 7.09. The van der Waals surface area contributed by atoms with Gasteiger partial charge in [0, 0.05) is 17.2 Å². The summed E-state index contributed by atoms with van der Waals surface area (Å²) in [4.78, 5) is 12.6. The topological polar surface area (TPSA) is 43.1 Å². The van der Waals surface area contributed by atoms with Gasteiger partial charge < -0.3 is 5.73 Å². The number of nitrogen functional groups attached to an aromatic ring is 1. The number of ketones is 1. The van der Waals surface area contributed by atoms with E-state index in [-0.39, 0.29) is 5.92 Å². The molecule has 0 aromatic heterocycles. The van der Waals surface area contributed by atoms with Crippen LogP contribution in [0.4, 0.5) is 5.69 Å². The zero-order chi connectivity index (χ0) is 13.0. The summed E-state index contributed by atoms with van der Waals surface area (Å²) in [5.41, 5.74) is 8.37. The molecule has 1 aliphatic rings. The maximum absolute atomic E-state index is 12.6. The van der Waals surface area contributed by atoms with Crippen LogP contribution in [0.1, 0.15) is 60.9 Å². The zero-order valence-corrected chi connectivity index (χ0v) is 11.2. The highest BCUT2D eigenvalue weighted by molar-refractivity contribution is 5.99. The van der Waals surface area contributed by atoms with Gasteiger partial charge in [-0.1, -0.05) is 38.2 Å². The molecule has 2 heteroatoms. The van der Waals surface area contributed by atoms with Gasteiger partial charge in [0.25, 0.3) is 0 Å². The third-order valence-corrected chi connectivity index (χ3v) is 4.00. The largest absolute Gasteiger partial charge is 0.399 e.